The number of hydrogen-bond acceptors (Lipinski definition) is 3. The van der Waals surface area contributed by atoms with Gasteiger partial charge in [0.1, 0.15) is 5.82 Å². The van der Waals surface area contributed by atoms with Crippen molar-refractivity contribution in [2.24, 2.45) is 0 Å². The number of amides is 1. The Morgan fingerprint density at radius 2 is 1.67 bits per heavy atom. The molecule has 1 N–H and O–H groups in total. The molecule has 2 aromatic rings. The molecule has 0 atom stereocenters. The van der Waals surface area contributed by atoms with E-state index >= 15 is 0 Å². The largest absolute Gasteiger partial charge is 0.349 e. The van der Waals surface area contributed by atoms with E-state index in [2.05, 4.69) is 17.4 Å². The minimum Gasteiger partial charge on any atom is -0.349 e. The summed E-state index contributed by atoms with van der Waals surface area (Å²) in [6, 6.07) is 13.7. The molecule has 0 bridgehead atoms. The summed E-state index contributed by atoms with van der Waals surface area (Å²) in [6.45, 7) is 4.10. The average molecular weight is 433 g/mol. The fraction of sp³-hybridized carbons (Fsp3) is 0.435. The molecule has 1 aliphatic carbocycles. The topological polar surface area (TPSA) is 66.5 Å². The molecule has 7 heteroatoms. The number of nitrogens with one attached hydrogen (secondary N) is 1. The third-order valence-electron chi connectivity index (χ3n) is 5.86. The molecular formula is C23H29FN2O3S. The van der Waals surface area contributed by atoms with Crippen LogP contribution in [0.15, 0.2) is 53.4 Å². The molecule has 0 heterocycles. The molecular weight excluding hydrogens is 403 g/mol. The number of sulfonamides is 1. The highest BCUT2D eigenvalue weighted by atomic mass is 32.2. The first kappa shape index (κ1) is 22.4. The van der Waals surface area contributed by atoms with Crippen molar-refractivity contribution in [3.63, 3.8) is 0 Å². The number of nitrogens with zero attached hydrogens (tertiary/aromatic N) is 1. The molecule has 1 saturated carbocycles. The SMILES string of the molecule is CCN(CC)S(=O)(=O)c1ccc(F)c(C(=O)NC2CCC(c3ccccc3)CC2)c1. The molecule has 5 nitrogen and oxygen atoms in total. The Labute approximate surface area is 178 Å². The van der Waals surface area contributed by atoms with Gasteiger partial charge >= 0.3 is 0 Å². The zero-order chi connectivity index (χ0) is 21.7. The van der Waals surface area contributed by atoms with Gasteiger partial charge in [-0.05, 0) is 55.4 Å². The van der Waals surface area contributed by atoms with Crippen molar-refractivity contribution in [3.05, 3.63) is 65.5 Å². The lowest BCUT2D eigenvalue weighted by Crippen LogP contribution is -2.38. The molecule has 30 heavy (non-hydrogen) atoms. The fourth-order valence-electron chi connectivity index (χ4n) is 4.11. The third-order valence-corrected chi connectivity index (χ3v) is 7.90. The van der Waals surface area contributed by atoms with E-state index in [-0.39, 0.29) is 16.5 Å². The minimum absolute atomic E-state index is 0.0418. The molecule has 1 amide bonds. The van der Waals surface area contributed by atoms with Crippen LogP contribution in [0.1, 0.15) is 61.4 Å². The maximum Gasteiger partial charge on any atom is 0.254 e. The standard InChI is InChI=1S/C23H29FN2O3S/c1-3-26(4-2)30(28,29)20-14-15-22(24)21(16-20)23(27)25-19-12-10-18(11-13-19)17-8-6-5-7-9-17/h5-9,14-16,18-19H,3-4,10-13H2,1-2H3,(H,25,27). The molecule has 0 spiro atoms. The van der Waals surface area contributed by atoms with Crippen molar-refractivity contribution in [2.45, 2.75) is 56.4 Å². The molecule has 1 fully saturated rings. The second kappa shape index (κ2) is 9.71. The molecule has 2 aromatic carbocycles. The summed E-state index contributed by atoms with van der Waals surface area (Å²) in [4.78, 5) is 12.6. The van der Waals surface area contributed by atoms with E-state index in [1.54, 1.807) is 13.8 Å². The van der Waals surface area contributed by atoms with Crippen molar-refractivity contribution >= 4 is 15.9 Å². The zero-order valence-electron chi connectivity index (χ0n) is 17.5. The molecule has 3 rings (SSSR count). The van der Waals surface area contributed by atoms with Gasteiger partial charge in [-0.3, -0.25) is 4.79 Å². The number of hydrogen-bond donors (Lipinski definition) is 1. The summed E-state index contributed by atoms with van der Waals surface area (Å²) < 4.78 is 41.1. The Morgan fingerprint density at radius 1 is 1.03 bits per heavy atom. The van der Waals surface area contributed by atoms with Crippen LogP contribution in [-0.4, -0.2) is 37.8 Å². The number of halogens is 1. The van der Waals surface area contributed by atoms with Crippen LogP contribution in [0, 0.1) is 5.82 Å². The summed E-state index contributed by atoms with van der Waals surface area (Å²) >= 11 is 0. The fourth-order valence-corrected chi connectivity index (χ4v) is 5.60. The summed E-state index contributed by atoms with van der Waals surface area (Å²) in [5.41, 5.74) is 1.08. The molecule has 0 unspecified atom stereocenters. The maximum atomic E-state index is 14.3. The summed E-state index contributed by atoms with van der Waals surface area (Å²) in [5.74, 6) is -0.810. The molecule has 0 aliphatic heterocycles. The maximum absolute atomic E-state index is 14.3. The first-order chi connectivity index (χ1) is 14.4. The van der Waals surface area contributed by atoms with Gasteiger partial charge in [0.2, 0.25) is 10.0 Å². The van der Waals surface area contributed by atoms with Gasteiger partial charge < -0.3 is 5.32 Å². The second-order valence-corrected chi connectivity index (χ2v) is 9.60. The van der Waals surface area contributed by atoms with Gasteiger partial charge in [-0.2, -0.15) is 4.31 Å². The quantitative estimate of drug-likeness (QED) is 0.709. The van der Waals surface area contributed by atoms with E-state index in [1.807, 2.05) is 18.2 Å². The highest BCUT2D eigenvalue weighted by Crippen LogP contribution is 2.33. The van der Waals surface area contributed by atoms with Crippen molar-refractivity contribution < 1.29 is 17.6 Å². The lowest BCUT2D eigenvalue weighted by molar-refractivity contribution is 0.0921. The predicted molar refractivity (Wildman–Crippen MR) is 115 cm³/mol. The Balaban J connectivity index is 1.69. The van der Waals surface area contributed by atoms with Gasteiger partial charge in [-0.15, -0.1) is 0 Å². The van der Waals surface area contributed by atoms with Crippen LogP contribution in [0.3, 0.4) is 0 Å². The lowest BCUT2D eigenvalue weighted by Gasteiger charge is -2.29. The highest BCUT2D eigenvalue weighted by Gasteiger charge is 2.27. The number of rotatable bonds is 7. The van der Waals surface area contributed by atoms with E-state index in [4.69, 9.17) is 0 Å². The molecule has 1 aliphatic rings. The average Bonchev–Trinajstić information content (AvgIpc) is 2.75. The molecule has 162 valence electrons. The monoisotopic (exact) mass is 432 g/mol. The first-order valence-corrected chi connectivity index (χ1v) is 12.0. The Kier molecular flexibility index (Phi) is 7.26. The van der Waals surface area contributed by atoms with Gasteiger partial charge in [0, 0.05) is 19.1 Å². The van der Waals surface area contributed by atoms with Crippen molar-refractivity contribution in [3.8, 4) is 0 Å². The van der Waals surface area contributed by atoms with Crippen LogP contribution in [0.4, 0.5) is 4.39 Å². The third kappa shape index (κ3) is 4.90. The van der Waals surface area contributed by atoms with Crippen LogP contribution in [0.25, 0.3) is 0 Å². The lowest BCUT2D eigenvalue weighted by atomic mass is 9.82. The summed E-state index contributed by atoms with van der Waals surface area (Å²) in [6.07, 6.45) is 3.52. The minimum atomic E-state index is -3.76. The molecule has 0 radical (unpaired) electrons. The number of carbonyl (C=O) groups is 1. The van der Waals surface area contributed by atoms with Crippen LogP contribution in [0.5, 0.6) is 0 Å². The van der Waals surface area contributed by atoms with Crippen molar-refractivity contribution in [1.29, 1.82) is 0 Å². The van der Waals surface area contributed by atoms with E-state index in [0.29, 0.717) is 19.0 Å². The van der Waals surface area contributed by atoms with Crippen LogP contribution >= 0.6 is 0 Å². The molecule has 0 saturated heterocycles. The number of carbonyl (C=O) groups excluding carboxylic acids is 1. The zero-order valence-corrected chi connectivity index (χ0v) is 18.3. The Morgan fingerprint density at radius 3 is 2.27 bits per heavy atom. The van der Waals surface area contributed by atoms with Crippen LogP contribution in [-0.2, 0) is 10.0 Å². The van der Waals surface area contributed by atoms with Gasteiger partial charge in [0.05, 0.1) is 10.5 Å². The van der Waals surface area contributed by atoms with Gasteiger partial charge in [0.25, 0.3) is 5.91 Å². The second-order valence-electron chi connectivity index (χ2n) is 7.66. The number of benzene rings is 2. The highest BCUT2D eigenvalue weighted by molar-refractivity contribution is 7.89. The van der Waals surface area contributed by atoms with E-state index < -0.39 is 21.7 Å². The van der Waals surface area contributed by atoms with Crippen LogP contribution in [0.2, 0.25) is 0 Å². The smallest absolute Gasteiger partial charge is 0.254 e. The predicted octanol–water partition coefficient (Wildman–Crippen LogP) is 4.31. The van der Waals surface area contributed by atoms with E-state index in [9.17, 15) is 17.6 Å². The van der Waals surface area contributed by atoms with E-state index in [0.717, 1.165) is 37.8 Å². The molecule has 0 aromatic heterocycles. The summed E-state index contributed by atoms with van der Waals surface area (Å²) in [5, 5.41) is 2.90. The van der Waals surface area contributed by atoms with Gasteiger partial charge in [0.15, 0.2) is 0 Å². The van der Waals surface area contributed by atoms with E-state index in [1.165, 1.54) is 15.9 Å². The Bertz CT molecular complexity index is 967. The van der Waals surface area contributed by atoms with Gasteiger partial charge in [-0.1, -0.05) is 44.2 Å². The Hall–Kier alpha value is -2.25. The van der Waals surface area contributed by atoms with Gasteiger partial charge in [-0.25, -0.2) is 12.8 Å². The van der Waals surface area contributed by atoms with Crippen molar-refractivity contribution in [2.75, 3.05) is 13.1 Å². The van der Waals surface area contributed by atoms with Crippen LogP contribution < -0.4 is 5.32 Å². The van der Waals surface area contributed by atoms with Crippen molar-refractivity contribution in [1.82, 2.24) is 9.62 Å². The first-order valence-electron chi connectivity index (χ1n) is 10.5. The normalized spacial score (nSPS) is 19.6. The summed E-state index contributed by atoms with van der Waals surface area (Å²) in [7, 11) is -3.76.